The zero-order valence-corrected chi connectivity index (χ0v) is 15.8. The molecule has 1 aromatic heterocycles. The highest BCUT2D eigenvalue weighted by Crippen LogP contribution is 2.50. The van der Waals surface area contributed by atoms with Crippen molar-refractivity contribution in [3.8, 4) is 11.3 Å². The van der Waals surface area contributed by atoms with Gasteiger partial charge in [0.05, 0.1) is 5.69 Å². The molecule has 2 aromatic rings. The molecule has 1 spiro atoms. The van der Waals surface area contributed by atoms with Crippen LogP contribution in [0.3, 0.4) is 0 Å². The van der Waals surface area contributed by atoms with Crippen molar-refractivity contribution in [2.75, 3.05) is 0 Å². The number of nitrogens with zero attached hydrogens (tertiary/aromatic N) is 1. The SMILES string of the molecule is C=CCn1c(=S)[nH]c2c(c1=O)C1(CCCC1)Cc1c(C)ccc(C)c1-2. The summed E-state index contributed by atoms with van der Waals surface area (Å²) in [5, 5.41) is 0. The van der Waals surface area contributed by atoms with Gasteiger partial charge in [-0.1, -0.05) is 31.1 Å². The van der Waals surface area contributed by atoms with Crippen molar-refractivity contribution in [3.05, 3.63) is 62.2 Å². The Labute approximate surface area is 153 Å². The standard InChI is InChI=1S/C21H24N2OS/c1-4-11-23-19(24)17-18(22-20(23)25)16-14(3)8-7-13(2)15(16)12-21(17)9-5-6-10-21/h4,7-8H,1,5-6,9-12H2,2-3H3,(H,22,25). The van der Waals surface area contributed by atoms with E-state index >= 15 is 0 Å². The van der Waals surface area contributed by atoms with Gasteiger partial charge in [-0.2, -0.15) is 0 Å². The second-order valence-corrected chi connectivity index (χ2v) is 7.99. The normalized spacial score (nSPS) is 17.4. The van der Waals surface area contributed by atoms with Crippen molar-refractivity contribution < 1.29 is 0 Å². The molecular weight excluding hydrogens is 328 g/mol. The summed E-state index contributed by atoms with van der Waals surface area (Å²) in [6.45, 7) is 8.54. The number of benzene rings is 1. The van der Waals surface area contributed by atoms with Gasteiger partial charge < -0.3 is 4.98 Å². The lowest BCUT2D eigenvalue weighted by Gasteiger charge is -2.37. The molecule has 0 amide bonds. The minimum atomic E-state index is -0.0412. The average Bonchev–Trinajstić information content (AvgIpc) is 3.03. The van der Waals surface area contributed by atoms with Gasteiger partial charge in [-0.05, 0) is 62.0 Å². The number of fused-ring (bicyclic) bond motifs is 4. The summed E-state index contributed by atoms with van der Waals surface area (Å²) in [5.41, 5.74) is 7.07. The van der Waals surface area contributed by atoms with Crippen LogP contribution in [-0.4, -0.2) is 9.55 Å². The van der Waals surface area contributed by atoms with Crippen molar-refractivity contribution in [2.45, 2.75) is 57.9 Å². The van der Waals surface area contributed by atoms with E-state index in [4.69, 9.17) is 12.2 Å². The van der Waals surface area contributed by atoms with Crippen LogP contribution in [0.2, 0.25) is 0 Å². The van der Waals surface area contributed by atoms with Crippen molar-refractivity contribution in [1.29, 1.82) is 0 Å². The van der Waals surface area contributed by atoms with Crippen LogP contribution in [0.1, 0.15) is 47.9 Å². The molecule has 2 aliphatic rings. The number of hydrogen-bond donors (Lipinski definition) is 1. The van der Waals surface area contributed by atoms with Crippen LogP contribution in [-0.2, 0) is 18.4 Å². The summed E-state index contributed by atoms with van der Waals surface area (Å²) in [5.74, 6) is 0. The fourth-order valence-corrected chi connectivity index (χ4v) is 5.16. The maximum Gasteiger partial charge on any atom is 0.258 e. The number of aromatic nitrogens is 2. The number of nitrogens with one attached hydrogen (secondary N) is 1. The number of hydrogen-bond acceptors (Lipinski definition) is 2. The van der Waals surface area contributed by atoms with Gasteiger partial charge in [0.2, 0.25) is 0 Å². The first kappa shape index (κ1) is 16.5. The van der Waals surface area contributed by atoms with Crippen LogP contribution in [0.5, 0.6) is 0 Å². The Morgan fingerprint density at radius 3 is 2.64 bits per heavy atom. The van der Waals surface area contributed by atoms with E-state index in [1.165, 1.54) is 35.1 Å². The lowest BCUT2D eigenvalue weighted by atomic mass is 9.67. The van der Waals surface area contributed by atoms with E-state index in [-0.39, 0.29) is 11.0 Å². The molecule has 130 valence electrons. The third-order valence-corrected chi connectivity index (χ3v) is 6.43. The molecule has 0 bridgehead atoms. The molecule has 4 rings (SSSR count). The minimum Gasteiger partial charge on any atom is -0.331 e. The minimum absolute atomic E-state index is 0.0412. The highest BCUT2D eigenvalue weighted by Gasteiger charge is 2.44. The van der Waals surface area contributed by atoms with Crippen molar-refractivity contribution >= 4 is 12.2 Å². The Kier molecular flexibility index (Phi) is 3.84. The first-order valence-corrected chi connectivity index (χ1v) is 9.47. The van der Waals surface area contributed by atoms with Gasteiger partial charge in [-0.3, -0.25) is 9.36 Å². The molecule has 2 aliphatic carbocycles. The quantitative estimate of drug-likeness (QED) is 0.626. The first-order valence-electron chi connectivity index (χ1n) is 9.06. The third kappa shape index (κ3) is 2.30. The van der Waals surface area contributed by atoms with Gasteiger partial charge in [0.1, 0.15) is 0 Å². The lowest BCUT2D eigenvalue weighted by Crippen LogP contribution is -2.40. The Morgan fingerprint density at radius 2 is 1.96 bits per heavy atom. The number of allylic oxidation sites excluding steroid dienone is 1. The van der Waals surface area contributed by atoms with Gasteiger partial charge >= 0.3 is 0 Å². The maximum atomic E-state index is 13.4. The van der Waals surface area contributed by atoms with Gasteiger partial charge in [0.25, 0.3) is 5.56 Å². The summed E-state index contributed by atoms with van der Waals surface area (Å²) in [4.78, 5) is 16.8. The monoisotopic (exact) mass is 352 g/mol. The molecule has 0 atom stereocenters. The van der Waals surface area contributed by atoms with Crippen molar-refractivity contribution in [3.63, 3.8) is 0 Å². The first-order chi connectivity index (χ1) is 12.0. The Balaban J connectivity index is 2.14. The van der Waals surface area contributed by atoms with E-state index in [1.54, 1.807) is 10.6 Å². The predicted molar refractivity (Wildman–Crippen MR) is 105 cm³/mol. The van der Waals surface area contributed by atoms with E-state index in [0.717, 1.165) is 30.5 Å². The van der Waals surface area contributed by atoms with Crippen LogP contribution in [0.25, 0.3) is 11.3 Å². The summed E-state index contributed by atoms with van der Waals surface area (Å²) in [6, 6.07) is 4.35. The van der Waals surface area contributed by atoms with Crippen molar-refractivity contribution in [2.24, 2.45) is 0 Å². The molecule has 1 fully saturated rings. The van der Waals surface area contributed by atoms with E-state index < -0.39 is 0 Å². The van der Waals surface area contributed by atoms with Crippen molar-refractivity contribution in [1.82, 2.24) is 9.55 Å². The summed E-state index contributed by atoms with van der Waals surface area (Å²) in [6.07, 6.45) is 7.26. The Morgan fingerprint density at radius 1 is 1.28 bits per heavy atom. The average molecular weight is 353 g/mol. The molecule has 0 saturated heterocycles. The summed E-state index contributed by atoms with van der Waals surface area (Å²) < 4.78 is 2.16. The molecule has 4 heteroatoms. The van der Waals surface area contributed by atoms with E-state index in [2.05, 4.69) is 37.5 Å². The molecule has 0 aliphatic heterocycles. The van der Waals surface area contributed by atoms with Crippen LogP contribution in [0.4, 0.5) is 0 Å². The fraction of sp³-hybridized carbons (Fsp3) is 0.429. The zero-order valence-electron chi connectivity index (χ0n) is 14.9. The lowest BCUT2D eigenvalue weighted by molar-refractivity contribution is 0.420. The second kappa shape index (κ2) is 5.80. The van der Waals surface area contributed by atoms with E-state index in [1.807, 2.05) is 0 Å². The topological polar surface area (TPSA) is 37.8 Å². The van der Waals surface area contributed by atoms with Gasteiger partial charge in [0, 0.05) is 23.1 Å². The maximum absolute atomic E-state index is 13.4. The largest absolute Gasteiger partial charge is 0.331 e. The second-order valence-electron chi connectivity index (χ2n) is 7.60. The summed E-state index contributed by atoms with van der Waals surface area (Å²) in [7, 11) is 0. The molecule has 1 heterocycles. The molecule has 25 heavy (non-hydrogen) atoms. The number of aryl methyl sites for hydroxylation is 2. The van der Waals surface area contributed by atoms with Crippen LogP contribution in [0.15, 0.2) is 29.6 Å². The number of rotatable bonds is 2. The van der Waals surface area contributed by atoms with Gasteiger partial charge in [-0.15, -0.1) is 6.58 Å². The highest BCUT2D eigenvalue weighted by atomic mass is 32.1. The van der Waals surface area contributed by atoms with E-state index in [0.29, 0.717) is 11.3 Å². The molecule has 1 N–H and O–H groups in total. The van der Waals surface area contributed by atoms with Crippen LogP contribution in [0, 0.1) is 18.6 Å². The molecule has 1 aromatic carbocycles. The van der Waals surface area contributed by atoms with Crippen LogP contribution < -0.4 is 5.56 Å². The fourth-order valence-electron chi connectivity index (χ4n) is 4.90. The summed E-state index contributed by atoms with van der Waals surface area (Å²) >= 11 is 5.52. The highest BCUT2D eigenvalue weighted by molar-refractivity contribution is 7.71. The molecular formula is C21H24N2OS. The zero-order chi connectivity index (χ0) is 17.8. The molecule has 1 saturated carbocycles. The number of H-pyrrole nitrogens is 1. The smallest absolute Gasteiger partial charge is 0.258 e. The van der Waals surface area contributed by atoms with Crippen LogP contribution >= 0.6 is 12.2 Å². The van der Waals surface area contributed by atoms with Gasteiger partial charge in [0.15, 0.2) is 4.77 Å². The number of aromatic amines is 1. The third-order valence-electron chi connectivity index (χ3n) is 6.11. The van der Waals surface area contributed by atoms with Gasteiger partial charge in [-0.25, -0.2) is 0 Å². The Bertz CT molecular complexity index is 990. The molecule has 0 unspecified atom stereocenters. The predicted octanol–water partition coefficient (Wildman–Crippen LogP) is 4.74. The molecule has 0 radical (unpaired) electrons. The van der Waals surface area contributed by atoms with E-state index in [9.17, 15) is 4.79 Å². The Hall–Kier alpha value is -1.94. The molecule has 3 nitrogen and oxygen atoms in total.